The Bertz CT molecular complexity index is 1080. The number of aromatic nitrogens is 2. The third kappa shape index (κ3) is 4.96. The Hall–Kier alpha value is -2.71. The molecule has 1 heterocycles. The zero-order valence-corrected chi connectivity index (χ0v) is 16.6. The van der Waals surface area contributed by atoms with Gasteiger partial charge in [-0.25, -0.2) is 22.8 Å². The predicted molar refractivity (Wildman–Crippen MR) is 109 cm³/mol. The summed E-state index contributed by atoms with van der Waals surface area (Å²) in [6.45, 7) is 1.73. The Labute approximate surface area is 167 Å². The summed E-state index contributed by atoms with van der Waals surface area (Å²) in [5, 5.41) is 6.72. The molecule has 3 rings (SSSR count). The van der Waals surface area contributed by atoms with E-state index in [2.05, 4.69) is 20.6 Å². The first-order valence-electron chi connectivity index (χ1n) is 8.51. The maximum absolute atomic E-state index is 14.0. The van der Waals surface area contributed by atoms with E-state index in [4.69, 9.17) is 11.6 Å². The number of rotatable bonds is 7. The molecule has 0 spiro atoms. The van der Waals surface area contributed by atoms with Gasteiger partial charge in [0.25, 0.3) is 0 Å². The molecule has 0 fully saturated rings. The van der Waals surface area contributed by atoms with E-state index in [0.29, 0.717) is 28.8 Å². The lowest BCUT2D eigenvalue weighted by atomic mass is 10.3. The van der Waals surface area contributed by atoms with Crippen molar-refractivity contribution in [2.75, 3.05) is 16.4 Å². The molecule has 1 aromatic heterocycles. The van der Waals surface area contributed by atoms with Gasteiger partial charge < -0.3 is 10.6 Å². The third-order valence-electron chi connectivity index (χ3n) is 3.80. The maximum atomic E-state index is 14.0. The van der Waals surface area contributed by atoms with Crippen molar-refractivity contribution in [2.45, 2.75) is 18.2 Å². The minimum Gasteiger partial charge on any atom is -0.340 e. The number of sulfone groups is 1. The fourth-order valence-electron chi connectivity index (χ4n) is 2.52. The Balaban J connectivity index is 1.81. The highest BCUT2D eigenvalue weighted by atomic mass is 35.5. The molecule has 0 aliphatic carbocycles. The molecule has 0 amide bonds. The Morgan fingerprint density at radius 1 is 0.964 bits per heavy atom. The van der Waals surface area contributed by atoms with Crippen LogP contribution in [0.5, 0.6) is 0 Å². The predicted octanol–water partition coefficient (Wildman–Crippen LogP) is 4.94. The van der Waals surface area contributed by atoms with Crippen LogP contribution in [0.1, 0.15) is 13.3 Å². The van der Waals surface area contributed by atoms with Crippen LogP contribution < -0.4 is 10.6 Å². The van der Waals surface area contributed by atoms with E-state index in [9.17, 15) is 12.8 Å². The molecule has 6 nitrogen and oxygen atoms in total. The highest BCUT2D eigenvalue weighted by molar-refractivity contribution is 7.91. The van der Waals surface area contributed by atoms with E-state index >= 15 is 0 Å². The average molecular weight is 421 g/mol. The second-order valence-electron chi connectivity index (χ2n) is 6.01. The lowest BCUT2D eigenvalue weighted by Gasteiger charge is -2.11. The van der Waals surface area contributed by atoms with Crippen LogP contribution in [0.3, 0.4) is 0 Å². The molecule has 0 saturated heterocycles. The Kier molecular flexibility index (Phi) is 6.11. The van der Waals surface area contributed by atoms with Crippen LogP contribution in [0.4, 0.5) is 27.4 Å². The van der Waals surface area contributed by atoms with Crippen molar-refractivity contribution in [1.29, 1.82) is 0 Å². The zero-order chi connectivity index (χ0) is 20.1. The number of nitrogens with one attached hydrogen (secondary N) is 2. The molecule has 0 saturated carbocycles. The van der Waals surface area contributed by atoms with Crippen LogP contribution in [-0.2, 0) is 9.84 Å². The maximum Gasteiger partial charge on any atom is 0.181 e. The number of hydrogen-bond acceptors (Lipinski definition) is 6. The summed E-state index contributed by atoms with van der Waals surface area (Å²) in [6.07, 6.45) is 1.77. The normalized spacial score (nSPS) is 11.2. The van der Waals surface area contributed by atoms with Crippen molar-refractivity contribution in [1.82, 2.24) is 9.97 Å². The minimum atomic E-state index is -3.68. The van der Waals surface area contributed by atoms with E-state index in [-0.39, 0.29) is 10.6 Å². The van der Waals surface area contributed by atoms with Crippen LogP contribution in [0.2, 0.25) is 5.02 Å². The molecule has 0 unspecified atom stereocenters. The van der Waals surface area contributed by atoms with Gasteiger partial charge in [-0.1, -0.05) is 18.5 Å². The summed E-state index contributed by atoms with van der Waals surface area (Å²) >= 11 is 5.87. The highest BCUT2D eigenvalue weighted by Gasteiger charge is 2.19. The Morgan fingerprint density at radius 2 is 1.57 bits per heavy atom. The van der Waals surface area contributed by atoms with Crippen molar-refractivity contribution >= 4 is 44.4 Å². The average Bonchev–Trinajstić information content (AvgIpc) is 2.65. The quantitative estimate of drug-likeness (QED) is 0.563. The number of halogens is 2. The zero-order valence-electron chi connectivity index (χ0n) is 15.0. The van der Waals surface area contributed by atoms with Gasteiger partial charge in [0.15, 0.2) is 9.84 Å². The first-order chi connectivity index (χ1) is 13.4. The van der Waals surface area contributed by atoms with Crippen LogP contribution in [-0.4, -0.2) is 24.1 Å². The Morgan fingerprint density at radius 3 is 2.21 bits per heavy atom. The minimum absolute atomic E-state index is 0.115. The lowest BCUT2D eigenvalue weighted by molar-refractivity contribution is 0.566. The monoisotopic (exact) mass is 420 g/mol. The molecule has 0 aliphatic heterocycles. The topological polar surface area (TPSA) is 84.0 Å². The number of nitrogens with zero attached hydrogens (tertiary/aromatic N) is 2. The van der Waals surface area contributed by atoms with Gasteiger partial charge in [-0.2, -0.15) is 0 Å². The molecule has 0 radical (unpaired) electrons. The van der Waals surface area contributed by atoms with Gasteiger partial charge in [-0.05, 0) is 48.9 Å². The first-order valence-corrected chi connectivity index (χ1v) is 10.5. The summed E-state index contributed by atoms with van der Waals surface area (Å²) < 4.78 is 38.5. The van der Waals surface area contributed by atoms with Gasteiger partial charge in [0, 0.05) is 22.5 Å². The molecular weight excluding hydrogens is 403 g/mol. The summed E-state index contributed by atoms with van der Waals surface area (Å²) in [5.74, 6) is 0.0696. The van der Waals surface area contributed by atoms with Crippen LogP contribution >= 0.6 is 11.6 Å². The molecule has 2 N–H and O–H groups in total. The van der Waals surface area contributed by atoms with Crippen molar-refractivity contribution in [3.05, 3.63) is 65.7 Å². The molecule has 0 atom stereocenters. The number of anilines is 4. The van der Waals surface area contributed by atoms with Gasteiger partial charge in [-0.3, -0.25) is 0 Å². The lowest BCUT2D eigenvalue weighted by Crippen LogP contribution is -2.09. The van der Waals surface area contributed by atoms with Gasteiger partial charge in [0.05, 0.1) is 5.75 Å². The molecule has 2 aromatic carbocycles. The van der Waals surface area contributed by atoms with Crippen molar-refractivity contribution in [3.8, 4) is 0 Å². The van der Waals surface area contributed by atoms with Crippen LogP contribution in [0.25, 0.3) is 0 Å². The number of hydrogen-bond donors (Lipinski definition) is 2. The van der Waals surface area contributed by atoms with E-state index < -0.39 is 15.7 Å². The van der Waals surface area contributed by atoms with E-state index in [1.807, 2.05) is 12.1 Å². The standard InChI is InChI=1S/C19H18ClFN4O2S/c1-2-9-28(26,27)17-10-15(7-8-16(17)21)25-19-11-18(22-12-23-19)24-14-5-3-13(20)4-6-14/h3-8,10-12H,2,9H2,1H3,(H2,22,23,24,25). The van der Waals surface area contributed by atoms with E-state index in [1.54, 1.807) is 25.1 Å². The van der Waals surface area contributed by atoms with Crippen molar-refractivity contribution in [2.24, 2.45) is 0 Å². The summed E-state index contributed by atoms with van der Waals surface area (Å²) in [6, 6.07) is 12.6. The van der Waals surface area contributed by atoms with Gasteiger partial charge in [-0.15, -0.1) is 0 Å². The number of benzene rings is 2. The van der Waals surface area contributed by atoms with Crippen molar-refractivity contribution < 1.29 is 12.8 Å². The summed E-state index contributed by atoms with van der Waals surface area (Å²) in [4.78, 5) is 7.93. The summed E-state index contributed by atoms with van der Waals surface area (Å²) in [7, 11) is -3.68. The molecule has 0 aliphatic rings. The molecule has 9 heteroatoms. The van der Waals surface area contributed by atoms with Crippen molar-refractivity contribution in [3.63, 3.8) is 0 Å². The van der Waals surface area contributed by atoms with E-state index in [0.717, 1.165) is 11.8 Å². The smallest absolute Gasteiger partial charge is 0.181 e. The van der Waals surface area contributed by atoms with Gasteiger partial charge in [0.1, 0.15) is 28.7 Å². The largest absolute Gasteiger partial charge is 0.340 e. The van der Waals surface area contributed by atoms with Crippen LogP contribution in [0.15, 0.2) is 59.8 Å². The molecule has 28 heavy (non-hydrogen) atoms. The molecule has 3 aromatic rings. The van der Waals surface area contributed by atoms with Gasteiger partial charge >= 0.3 is 0 Å². The van der Waals surface area contributed by atoms with Crippen LogP contribution in [0, 0.1) is 5.82 Å². The molecule has 0 bridgehead atoms. The fraction of sp³-hybridized carbons (Fsp3) is 0.158. The summed E-state index contributed by atoms with van der Waals surface area (Å²) in [5.41, 5.74) is 1.20. The second kappa shape index (κ2) is 8.53. The third-order valence-corrected chi connectivity index (χ3v) is 5.98. The first kappa shape index (κ1) is 20.0. The van der Waals surface area contributed by atoms with Gasteiger partial charge in [0.2, 0.25) is 0 Å². The second-order valence-corrected chi connectivity index (χ2v) is 8.52. The highest BCUT2D eigenvalue weighted by Crippen LogP contribution is 2.24. The molecule has 146 valence electrons. The fourth-order valence-corrected chi connectivity index (χ4v) is 4.08. The molecular formula is C19H18ClFN4O2S. The van der Waals surface area contributed by atoms with E-state index in [1.165, 1.54) is 18.5 Å². The SMILES string of the molecule is CCCS(=O)(=O)c1cc(Nc2cc(Nc3ccc(Cl)cc3)ncn2)ccc1F.